The van der Waals surface area contributed by atoms with E-state index in [1.54, 1.807) is 0 Å². The third kappa shape index (κ3) is 4.90. The molecule has 1 saturated carbocycles. The molecule has 0 spiro atoms. The molecule has 0 aromatic rings. The summed E-state index contributed by atoms with van der Waals surface area (Å²) in [7, 11) is 0. The quantitative estimate of drug-likeness (QED) is 0.774. The van der Waals surface area contributed by atoms with Crippen LogP contribution in [0, 0.1) is 5.92 Å². The molecular formula is C12H20BrF2NO. The zero-order valence-electron chi connectivity index (χ0n) is 10.1. The Morgan fingerprint density at radius 3 is 2.53 bits per heavy atom. The van der Waals surface area contributed by atoms with Crippen molar-refractivity contribution in [2.24, 2.45) is 5.92 Å². The molecule has 1 N–H and O–H groups in total. The van der Waals surface area contributed by atoms with Crippen LogP contribution in [0.3, 0.4) is 0 Å². The molecular weight excluding hydrogens is 292 g/mol. The maximum Gasteiger partial charge on any atom is 0.248 e. The Morgan fingerprint density at radius 2 is 2.06 bits per heavy atom. The van der Waals surface area contributed by atoms with Crippen molar-refractivity contribution in [1.82, 2.24) is 5.32 Å². The Labute approximate surface area is 110 Å². The number of amides is 1. The van der Waals surface area contributed by atoms with E-state index in [1.165, 1.54) is 0 Å². The van der Waals surface area contributed by atoms with Crippen molar-refractivity contribution in [3.05, 3.63) is 0 Å². The topological polar surface area (TPSA) is 29.1 Å². The number of alkyl halides is 3. The Morgan fingerprint density at radius 1 is 1.47 bits per heavy atom. The molecule has 1 rings (SSSR count). The Kier molecular flexibility index (Phi) is 5.83. The lowest BCUT2D eigenvalue weighted by Crippen LogP contribution is -2.41. The Hall–Kier alpha value is -0.190. The third-order valence-corrected chi connectivity index (χ3v) is 3.84. The zero-order valence-corrected chi connectivity index (χ0v) is 11.7. The monoisotopic (exact) mass is 311 g/mol. The van der Waals surface area contributed by atoms with Gasteiger partial charge in [0.1, 0.15) is 0 Å². The fourth-order valence-corrected chi connectivity index (χ4v) is 2.68. The van der Waals surface area contributed by atoms with Crippen LogP contribution in [-0.2, 0) is 4.79 Å². The summed E-state index contributed by atoms with van der Waals surface area (Å²) in [6.45, 7) is 2.02. The van der Waals surface area contributed by atoms with Gasteiger partial charge in [-0.2, -0.15) is 0 Å². The first kappa shape index (κ1) is 14.9. The highest BCUT2D eigenvalue weighted by Crippen LogP contribution is 2.36. The summed E-state index contributed by atoms with van der Waals surface area (Å²) >= 11 is 3.34. The van der Waals surface area contributed by atoms with Crippen LogP contribution in [0.4, 0.5) is 8.78 Å². The highest BCUT2D eigenvalue weighted by Gasteiger charge is 2.37. The first-order valence-electron chi connectivity index (χ1n) is 6.22. The van der Waals surface area contributed by atoms with Gasteiger partial charge in [0.25, 0.3) is 0 Å². The van der Waals surface area contributed by atoms with Crippen LogP contribution in [0.15, 0.2) is 0 Å². The van der Waals surface area contributed by atoms with Crippen LogP contribution < -0.4 is 5.32 Å². The van der Waals surface area contributed by atoms with Crippen LogP contribution >= 0.6 is 15.9 Å². The van der Waals surface area contributed by atoms with Gasteiger partial charge in [0.05, 0.1) is 0 Å². The minimum atomic E-state index is -2.56. The maximum absolute atomic E-state index is 13.0. The van der Waals surface area contributed by atoms with Crippen LogP contribution in [0.5, 0.6) is 0 Å². The lowest BCUT2D eigenvalue weighted by atomic mass is 9.86. The predicted molar refractivity (Wildman–Crippen MR) is 67.5 cm³/mol. The SMILES string of the molecule is CCC(CCBr)NC(=O)C1CCC(F)(F)CC1. The average molecular weight is 312 g/mol. The molecule has 0 radical (unpaired) electrons. The number of halogens is 3. The molecule has 2 nitrogen and oxygen atoms in total. The molecule has 1 unspecified atom stereocenters. The van der Waals surface area contributed by atoms with Crippen LogP contribution in [0.2, 0.25) is 0 Å². The number of hydrogen-bond acceptors (Lipinski definition) is 1. The van der Waals surface area contributed by atoms with Crippen molar-refractivity contribution in [2.45, 2.75) is 57.4 Å². The first-order valence-corrected chi connectivity index (χ1v) is 7.35. The second kappa shape index (κ2) is 6.66. The number of rotatable bonds is 5. The lowest BCUT2D eigenvalue weighted by Gasteiger charge is -2.28. The smallest absolute Gasteiger partial charge is 0.248 e. The maximum atomic E-state index is 13.0. The molecule has 1 aliphatic rings. The van der Waals surface area contributed by atoms with Gasteiger partial charge in [0.15, 0.2) is 0 Å². The van der Waals surface area contributed by atoms with E-state index in [4.69, 9.17) is 0 Å². The largest absolute Gasteiger partial charge is 0.353 e. The van der Waals surface area contributed by atoms with Gasteiger partial charge in [-0.25, -0.2) is 8.78 Å². The molecule has 1 atom stereocenters. The highest BCUT2D eigenvalue weighted by atomic mass is 79.9. The molecule has 1 aliphatic carbocycles. The van der Waals surface area contributed by atoms with Crippen molar-refractivity contribution in [3.63, 3.8) is 0 Å². The molecule has 0 bridgehead atoms. The van der Waals surface area contributed by atoms with Gasteiger partial charge in [0, 0.05) is 30.1 Å². The van der Waals surface area contributed by atoms with Crippen molar-refractivity contribution >= 4 is 21.8 Å². The van der Waals surface area contributed by atoms with Crippen LogP contribution in [-0.4, -0.2) is 23.2 Å². The number of hydrogen-bond donors (Lipinski definition) is 1. The fourth-order valence-electron chi connectivity index (χ4n) is 2.13. The molecule has 100 valence electrons. The van der Waals surface area contributed by atoms with Crippen LogP contribution in [0.25, 0.3) is 0 Å². The van der Waals surface area contributed by atoms with Gasteiger partial charge in [-0.15, -0.1) is 0 Å². The van der Waals surface area contributed by atoms with Gasteiger partial charge in [-0.05, 0) is 25.7 Å². The van der Waals surface area contributed by atoms with E-state index >= 15 is 0 Å². The third-order valence-electron chi connectivity index (χ3n) is 3.38. The predicted octanol–water partition coefficient (Wildman–Crippen LogP) is 3.49. The molecule has 0 aromatic heterocycles. The van der Waals surface area contributed by atoms with Crippen molar-refractivity contribution in [2.75, 3.05) is 5.33 Å². The van der Waals surface area contributed by atoms with Gasteiger partial charge in [-0.1, -0.05) is 22.9 Å². The summed E-state index contributed by atoms with van der Waals surface area (Å²) in [6, 6.07) is 0.157. The molecule has 0 aromatic carbocycles. The molecule has 1 amide bonds. The lowest BCUT2D eigenvalue weighted by molar-refractivity contribution is -0.129. The second-order valence-electron chi connectivity index (χ2n) is 4.72. The van der Waals surface area contributed by atoms with E-state index in [-0.39, 0.29) is 30.7 Å². The zero-order chi connectivity index (χ0) is 12.9. The normalized spacial score (nSPS) is 22.1. The first-order chi connectivity index (χ1) is 7.98. The number of nitrogens with one attached hydrogen (secondary N) is 1. The average Bonchev–Trinajstić information content (AvgIpc) is 2.28. The second-order valence-corrected chi connectivity index (χ2v) is 5.51. The van der Waals surface area contributed by atoms with E-state index in [0.717, 1.165) is 18.2 Å². The summed E-state index contributed by atoms with van der Waals surface area (Å²) in [4.78, 5) is 11.9. The van der Waals surface area contributed by atoms with Gasteiger partial charge >= 0.3 is 0 Å². The summed E-state index contributed by atoms with van der Waals surface area (Å²) in [6.07, 6.45) is 2.07. The molecule has 1 fully saturated rings. The van der Waals surface area contributed by atoms with Gasteiger partial charge < -0.3 is 5.32 Å². The number of carbonyl (C=O) groups excluding carboxylic acids is 1. The van der Waals surface area contributed by atoms with E-state index < -0.39 is 5.92 Å². The van der Waals surface area contributed by atoms with Crippen molar-refractivity contribution in [1.29, 1.82) is 0 Å². The van der Waals surface area contributed by atoms with Crippen molar-refractivity contribution in [3.8, 4) is 0 Å². The molecule has 0 aliphatic heterocycles. The summed E-state index contributed by atoms with van der Waals surface area (Å²) in [5.41, 5.74) is 0. The van der Waals surface area contributed by atoms with Crippen LogP contribution in [0.1, 0.15) is 45.4 Å². The minimum absolute atomic E-state index is 0.0479. The van der Waals surface area contributed by atoms with E-state index in [2.05, 4.69) is 21.2 Å². The fraction of sp³-hybridized carbons (Fsp3) is 0.917. The summed E-state index contributed by atoms with van der Waals surface area (Å²) in [5.74, 6) is -2.83. The summed E-state index contributed by atoms with van der Waals surface area (Å²) < 4.78 is 25.9. The van der Waals surface area contributed by atoms with E-state index in [9.17, 15) is 13.6 Å². The van der Waals surface area contributed by atoms with Gasteiger partial charge in [-0.3, -0.25) is 4.79 Å². The Bertz CT molecular complexity index is 251. The molecule has 0 saturated heterocycles. The molecule has 17 heavy (non-hydrogen) atoms. The minimum Gasteiger partial charge on any atom is -0.353 e. The van der Waals surface area contributed by atoms with E-state index in [1.807, 2.05) is 6.92 Å². The molecule has 0 heterocycles. The molecule has 5 heteroatoms. The summed E-state index contributed by atoms with van der Waals surface area (Å²) in [5, 5.41) is 3.79. The number of carbonyl (C=O) groups is 1. The Balaban J connectivity index is 2.38. The highest BCUT2D eigenvalue weighted by molar-refractivity contribution is 9.09. The standard InChI is InChI=1S/C12H20BrF2NO/c1-2-10(5-8-13)16-11(17)9-3-6-12(14,15)7-4-9/h9-10H,2-8H2,1H3,(H,16,17). The van der Waals surface area contributed by atoms with Crippen molar-refractivity contribution < 1.29 is 13.6 Å². The van der Waals surface area contributed by atoms with E-state index in [0.29, 0.717) is 12.8 Å². The van der Waals surface area contributed by atoms with Gasteiger partial charge in [0.2, 0.25) is 11.8 Å².